The van der Waals surface area contributed by atoms with Crippen LogP contribution in [0.25, 0.3) is 5.69 Å². The van der Waals surface area contributed by atoms with E-state index in [9.17, 15) is 19.2 Å². The van der Waals surface area contributed by atoms with Crippen LogP contribution in [0.3, 0.4) is 0 Å². The SMILES string of the molecule is CCCCCC(=O)n1c(=O)n(-c2ccc(OC)cc2)c(=O)n1C(=O)CCCCC. The van der Waals surface area contributed by atoms with Crippen molar-refractivity contribution >= 4 is 11.8 Å². The van der Waals surface area contributed by atoms with E-state index in [0.29, 0.717) is 28.0 Å². The van der Waals surface area contributed by atoms with Gasteiger partial charge in [-0.15, -0.1) is 0 Å². The molecule has 1 aromatic carbocycles. The van der Waals surface area contributed by atoms with Crippen LogP contribution in [0.2, 0.25) is 0 Å². The normalized spacial score (nSPS) is 10.9. The second-order valence-electron chi connectivity index (χ2n) is 6.92. The topological polar surface area (TPSA) is 92.3 Å². The molecule has 2 rings (SSSR count). The lowest BCUT2D eigenvalue weighted by Crippen LogP contribution is -2.36. The first-order valence-corrected chi connectivity index (χ1v) is 10.1. The second-order valence-corrected chi connectivity index (χ2v) is 6.92. The molecule has 0 saturated heterocycles. The molecule has 1 aromatic heterocycles. The minimum Gasteiger partial charge on any atom is -0.497 e. The third kappa shape index (κ3) is 5.13. The zero-order valence-electron chi connectivity index (χ0n) is 17.3. The number of hydrogen-bond acceptors (Lipinski definition) is 5. The van der Waals surface area contributed by atoms with Gasteiger partial charge < -0.3 is 4.74 Å². The molecule has 0 saturated carbocycles. The fraction of sp³-hybridized carbons (Fsp3) is 0.524. The maximum atomic E-state index is 13.0. The molecule has 0 unspecified atom stereocenters. The molecule has 0 fully saturated rings. The van der Waals surface area contributed by atoms with Gasteiger partial charge in [0.25, 0.3) is 0 Å². The number of unbranched alkanes of at least 4 members (excludes halogenated alkanes) is 4. The van der Waals surface area contributed by atoms with E-state index in [1.807, 2.05) is 13.8 Å². The molecule has 0 amide bonds. The van der Waals surface area contributed by atoms with Crippen LogP contribution in [0.1, 0.15) is 74.8 Å². The monoisotopic (exact) mass is 403 g/mol. The van der Waals surface area contributed by atoms with E-state index >= 15 is 0 Å². The Kier molecular flexibility index (Phi) is 8.18. The van der Waals surface area contributed by atoms with Gasteiger partial charge in [-0.2, -0.15) is 9.36 Å². The summed E-state index contributed by atoms with van der Waals surface area (Å²) in [6.45, 7) is 4.01. The molecule has 29 heavy (non-hydrogen) atoms. The number of carbonyl (C=O) groups is 2. The number of hydrogen-bond donors (Lipinski definition) is 0. The summed E-state index contributed by atoms with van der Waals surface area (Å²) < 4.78 is 7.36. The third-order valence-electron chi connectivity index (χ3n) is 4.74. The van der Waals surface area contributed by atoms with Gasteiger partial charge in [0.1, 0.15) is 5.75 Å². The average Bonchev–Trinajstić information content (AvgIpc) is 2.98. The van der Waals surface area contributed by atoms with Crippen LogP contribution in [-0.2, 0) is 0 Å². The van der Waals surface area contributed by atoms with E-state index in [4.69, 9.17) is 4.74 Å². The summed E-state index contributed by atoms with van der Waals surface area (Å²) >= 11 is 0. The Morgan fingerprint density at radius 1 is 0.793 bits per heavy atom. The minimum absolute atomic E-state index is 0.0993. The van der Waals surface area contributed by atoms with E-state index < -0.39 is 23.2 Å². The smallest absolute Gasteiger partial charge is 0.359 e. The van der Waals surface area contributed by atoms with E-state index in [1.54, 1.807) is 24.3 Å². The molecular formula is C21H29N3O5. The Hall–Kier alpha value is -2.90. The van der Waals surface area contributed by atoms with Crippen LogP contribution in [-0.4, -0.2) is 32.9 Å². The molecule has 0 aliphatic rings. The van der Waals surface area contributed by atoms with Crippen LogP contribution in [0.5, 0.6) is 5.75 Å². The lowest BCUT2D eigenvalue weighted by atomic mass is 10.2. The molecule has 158 valence electrons. The van der Waals surface area contributed by atoms with Crippen molar-refractivity contribution in [1.82, 2.24) is 13.9 Å². The van der Waals surface area contributed by atoms with Crippen molar-refractivity contribution in [2.75, 3.05) is 7.11 Å². The van der Waals surface area contributed by atoms with E-state index in [0.717, 1.165) is 30.3 Å². The maximum absolute atomic E-state index is 13.0. The van der Waals surface area contributed by atoms with Gasteiger partial charge in [-0.1, -0.05) is 39.5 Å². The largest absolute Gasteiger partial charge is 0.497 e. The van der Waals surface area contributed by atoms with Crippen molar-refractivity contribution in [1.29, 1.82) is 0 Å². The van der Waals surface area contributed by atoms with Crippen molar-refractivity contribution in [2.24, 2.45) is 0 Å². The summed E-state index contributed by atoms with van der Waals surface area (Å²) in [5, 5.41) is 0. The molecule has 0 spiro atoms. The van der Waals surface area contributed by atoms with Crippen molar-refractivity contribution < 1.29 is 14.3 Å². The van der Waals surface area contributed by atoms with Gasteiger partial charge in [0.05, 0.1) is 12.8 Å². The van der Waals surface area contributed by atoms with Crippen LogP contribution >= 0.6 is 0 Å². The van der Waals surface area contributed by atoms with E-state index in [-0.39, 0.29) is 18.5 Å². The molecule has 1 heterocycles. The summed E-state index contributed by atoms with van der Waals surface area (Å²) in [7, 11) is 1.51. The zero-order chi connectivity index (χ0) is 21.4. The van der Waals surface area contributed by atoms with Gasteiger partial charge in [-0.05, 0) is 37.1 Å². The molecule has 2 aromatic rings. The lowest BCUT2D eigenvalue weighted by molar-refractivity contribution is 0.0772. The number of rotatable bonds is 10. The summed E-state index contributed by atoms with van der Waals surface area (Å²) in [6.07, 6.45) is 4.86. The summed E-state index contributed by atoms with van der Waals surface area (Å²) in [5.41, 5.74) is -1.38. The highest BCUT2D eigenvalue weighted by Crippen LogP contribution is 2.13. The highest BCUT2D eigenvalue weighted by Gasteiger charge is 2.25. The zero-order valence-corrected chi connectivity index (χ0v) is 17.3. The summed E-state index contributed by atoms with van der Waals surface area (Å²) in [5.74, 6) is -0.527. The predicted molar refractivity (Wildman–Crippen MR) is 110 cm³/mol. The van der Waals surface area contributed by atoms with Crippen LogP contribution in [0.4, 0.5) is 0 Å². The molecule has 0 bridgehead atoms. The summed E-state index contributed by atoms with van der Waals surface area (Å²) in [4.78, 5) is 51.4. The third-order valence-corrected chi connectivity index (χ3v) is 4.74. The molecule has 0 aliphatic heterocycles. The number of benzene rings is 1. The maximum Gasteiger partial charge on any atom is 0.359 e. The van der Waals surface area contributed by atoms with Crippen LogP contribution in [0, 0.1) is 0 Å². The van der Waals surface area contributed by atoms with Crippen molar-refractivity contribution in [2.45, 2.75) is 65.2 Å². The van der Waals surface area contributed by atoms with Crippen molar-refractivity contribution in [3.05, 3.63) is 45.2 Å². The van der Waals surface area contributed by atoms with Gasteiger partial charge in [-0.3, -0.25) is 9.59 Å². The summed E-state index contributed by atoms with van der Waals surface area (Å²) in [6, 6.07) is 6.29. The highest BCUT2D eigenvalue weighted by atomic mass is 16.5. The number of methoxy groups -OCH3 is 1. The van der Waals surface area contributed by atoms with Gasteiger partial charge in [0.2, 0.25) is 11.8 Å². The van der Waals surface area contributed by atoms with Crippen LogP contribution < -0.4 is 16.1 Å². The van der Waals surface area contributed by atoms with E-state index in [2.05, 4.69) is 0 Å². The molecule has 8 heteroatoms. The molecule has 0 aliphatic carbocycles. The fourth-order valence-electron chi connectivity index (χ4n) is 3.10. The fourth-order valence-corrected chi connectivity index (χ4v) is 3.10. The highest BCUT2D eigenvalue weighted by molar-refractivity contribution is 5.84. The Bertz CT molecular complexity index is 897. The standard InChI is InChI=1S/C21H29N3O5/c1-4-6-8-10-18(25)23-20(27)22(16-12-14-17(29-3)15-13-16)21(28)24(23)19(26)11-9-7-5-2/h12-15H,4-11H2,1-3H3. The second kappa shape index (κ2) is 10.6. The molecule has 0 atom stereocenters. The van der Waals surface area contributed by atoms with Gasteiger partial charge in [0, 0.05) is 12.8 Å². The number of ether oxygens (including phenoxy) is 1. The van der Waals surface area contributed by atoms with Crippen molar-refractivity contribution in [3.8, 4) is 11.4 Å². The van der Waals surface area contributed by atoms with Gasteiger partial charge in [-0.25, -0.2) is 14.2 Å². The Balaban J connectivity index is 2.53. The first kappa shape index (κ1) is 22.4. The Morgan fingerprint density at radius 3 is 1.62 bits per heavy atom. The Labute approximate surface area is 169 Å². The first-order valence-electron chi connectivity index (χ1n) is 10.1. The lowest BCUT2D eigenvalue weighted by Gasteiger charge is -2.06. The van der Waals surface area contributed by atoms with Crippen LogP contribution in [0.15, 0.2) is 33.9 Å². The Morgan fingerprint density at radius 2 is 1.24 bits per heavy atom. The molecule has 8 nitrogen and oxygen atoms in total. The minimum atomic E-state index is -0.828. The molecule has 0 N–H and O–H groups in total. The predicted octanol–water partition coefficient (Wildman–Crippen LogP) is 3.25. The number of nitrogens with zero attached hydrogens (tertiary/aromatic N) is 3. The molecule has 0 radical (unpaired) electrons. The average molecular weight is 403 g/mol. The van der Waals surface area contributed by atoms with Gasteiger partial charge >= 0.3 is 11.4 Å². The quantitative estimate of drug-likeness (QED) is 0.568. The first-order chi connectivity index (χ1) is 14.0. The molecular weight excluding hydrogens is 374 g/mol. The van der Waals surface area contributed by atoms with Gasteiger partial charge in [0.15, 0.2) is 0 Å². The van der Waals surface area contributed by atoms with E-state index in [1.165, 1.54) is 7.11 Å². The van der Waals surface area contributed by atoms with Crippen molar-refractivity contribution in [3.63, 3.8) is 0 Å². The number of carbonyl (C=O) groups excluding carboxylic acids is 2. The number of aromatic nitrogens is 3.